The maximum Gasteiger partial charge on any atom is 0.449 e. The number of fused-ring (bicyclic) bond motifs is 1. The van der Waals surface area contributed by atoms with E-state index in [-0.39, 0.29) is 34.5 Å². The van der Waals surface area contributed by atoms with Crippen molar-refractivity contribution in [2.24, 2.45) is 0 Å². The molecule has 0 aliphatic rings. The highest BCUT2D eigenvalue weighted by molar-refractivity contribution is 5.82. The van der Waals surface area contributed by atoms with Gasteiger partial charge in [0.05, 0.1) is 17.6 Å². The molecule has 2 heterocycles. The van der Waals surface area contributed by atoms with Crippen LogP contribution in [0.4, 0.5) is 22.0 Å². The molecule has 0 amide bonds. The molecule has 5 nitrogen and oxygen atoms in total. The average Bonchev–Trinajstić information content (AvgIpc) is 3.08. The molecular formula is C21H14F5N3O2. The summed E-state index contributed by atoms with van der Waals surface area (Å²) in [7, 11) is 0. The Balaban J connectivity index is 1.87. The lowest BCUT2D eigenvalue weighted by molar-refractivity contribution is -0.146. The number of ether oxygens (including phenoxy) is 1. The number of aromatic nitrogens is 3. The number of H-pyrrole nitrogens is 1. The fourth-order valence-corrected chi connectivity index (χ4v) is 3.28. The topological polar surface area (TPSA) is 59.9 Å². The molecule has 0 aliphatic heterocycles. The van der Waals surface area contributed by atoms with Crippen molar-refractivity contribution < 1.29 is 26.7 Å². The molecule has 0 unspecified atom stereocenters. The van der Waals surface area contributed by atoms with Gasteiger partial charge in [-0.2, -0.15) is 22.0 Å². The third kappa shape index (κ3) is 4.27. The zero-order chi connectivity index (χ0) is 22.2. The first-order valence-corrected chi connectivity index (χ1v) is 9.01. The van der Waals surface area contributed by atoms with Crippen LogP contribution in [0.3, 0.4) is 0 Å². The van der Waals surface area contributed by atoms with Crippen LogP contribution in [0.2, 0.25) is 0 Å². The minimum Gasteiger partial charge on any atom is -0.434 e. The van der Waals surface area contributed by atoms with Gasteiger partial charge in [-0.05, 0) is 35.4 Å². The molecule has 4 aromatic rings. The maximum atomic E-state index is 13.7. The summed E-state index contributed by atoms with van der Waals surface area (Å²) in [6.07, 6.45) is -3.32. The monoisotopic (exact) mass is 435 g/mol. The van der Waals surface area contributed by atoms with E-state index in [9.17, 15) is 26.7 Å². The Kier molecular flexibility index (Phi) is 5.22. The van der Waals surface area contributed by atoms with Crippen LogP contribution < -0.4 is 10.3 Å². The van der Waals surface area contributed by atoms with E-state index in [2.05, 4.69) is 14.7 Å². The molecule has 0 fully saturated rings. The number of alkyl halides is 5. The summed E-state index contributed by atoms with van der Waals surface area (Å²) >= 11 is 0. The summed E-state index contributed by atoms with van der Waals surface area (Å²) in [5.41, 5.74) is 1.21. The predicted molar refractivity (Wildman–Crippen MR) is 103 cm³/mol. The van der Waals surface area contributed by atoms with Crippen LogP contribution >= 0.6 is 0 Å². The molecule has 31 heavy (non-hydrogen) atoms. The minimum absolute atomic E-state index is 0.0905. The van der Waals surface area contributed by atoms with Gasteiger partial charge in [0, 0.05) is 17.8 Å². The van der Waals surface area contributed by atoms with Crippen molar-refractivity contribution in [1.82, 2.24) is 14.5 Å². The number of halogens is 5. The van der Waals surface area contributed by atoms with E-state index in [1.54, 1.807) is 6.07 Å². The molecule has 0 radical (unpaired) electrons. The second-order valence-corrected chi connectivity index (χ2v) is 6.65. The van der Waals surface area contributed by atoms with Crippen molar-refractivity contribution in [2.75, 3.05) is 0 Å². The molecule has 0 aliphatic carbocycles. The number of pyridine rings is 1. The molecule has 160 valence electrons. The Labute approximate surface area is 171 Å². The van der Waals surface area contributed by atoms with Crippen molar-refractivity contribution in [2.45, 2.75) is 19.3 Å². The molecule has 2 aromatic carbocycles. The molecule has 0 bridgehead atoms. The van der Waals surface area contributed by atoms with Crippen molar-refractivity contribution in [3.8, 4) is 16.9 Å². The van der Waals surface area contributed by atoms with Crippen molar-refractivity contribution in [3.05, 3.63) is 82.5 Å². The van der Waals surface area contributed by atoms with Gasteiger partial charge in [0.2, 0.25) is 11.4 Å². The van der Waals surface area contributed by atoms with E-state index in [1.165, 1.54) is 54.7 Å². The quantitative estimate of drug-likeness (QED) is 0.446. The molecule has 1 N–H and O–H groups in total. The number of hydrogen-bond donors (Lipinski definition) is 1. The van der Waals surface area contributed by atoms with Crippen LogP contribution in [0.1, 0.15) is 11.4 Å². The van der Waals surface area contributed by atoms with E-state index in [0.29, 0.717) is 11.1 Å². The van der Waals surface area contributed by atoms with Crippen LogP contribution in [0.5, 0.6) is 5.75 Å². The summed E-state index contributed by atoms with van der Waals surface area (Å²) in [6.45, 7) is -3.50. The number of aromatic amines is 1. The van der Waals surface area contributed by atoms with E-state index in [0.717, 1.165) is 4.57 Å². The Morgan fingerprint density at radius 1 is 1.03 bits per heavy atom. The lowest BCUT2D eigenvalue weighted by atomic mass is 10.1. The Morgan fingerprint density at radius 2 is 1.77 bits per heavy atom. The first-order valence-electron chi connectivity index (χ1n) is 9.01. The van der Waals surface area contributed by atoms with Gasteiger partial charge in [-0.3, -0.25) is 4.79 Å². The highest BCUT2D eigenvalue weighted by Gasteiger charge is 2.37. The van der Waals surface area contributed by atoms with Gasteiger partial charge in [0.25, 0.3) is 0 Å². The summed E-state index contributed by atoms with van der Waals surface area (Å²) in [5, 5.41) is 0. The zero-order valence-corrected chi connectivity index (χ0v) is 15.7. The number of nitrogens with one attached hydrogen (secondary N) is 1. The normalized spacial score (nSPS) is 11.9. The largest absolute Gasteiger partial charge is 0.449 e. The number of imidazole rings is 1. The summed E-state index contributed by atoms with van der Waals surface area (Å²) in [5.74, 6) is -1.38. The van der Waals surface area contributed by atoms with Gasteiger partial charge in [0.15, 0.2) is 0 Å². The Bertz CT molecular complexity index is 1270. The lowest BCUT2D eigenvalue weighted by Gasteiger charge is -2.15. The first kappa shape index (κ1) is 20.6. The molecule has 10 heteroatoms. The second kappa shape index (κ2) is 7.86. The number of rotatable bonds is 5. The summed E-state index contributed by atoms with van der Waals surface area (Å²) in [4.78, 5) is 17.5. The summed E-state index contributed by atoms with van der Waals surface area (Å²) < 4.78 is 71.9. The predicted octanol–water partition coefficient (Wildman–Crippen LogP) is 5.06. The number of nitrogens with zero attached hydrogens (tertiary/aromatic N) is 2. The average molecular weight is 435 g/mol. The van der Waals surface area contributed by atoms with Crippen molar-refractivity contribution in [1.29, 1.82) is 0 Å². The molecular weight excluding hydrogens is 421 g/mol. The van der Waals surface area contributed by atoms with Gasteiger partial charge in [-0.25, -0.2) is 4.98 Å². The highest BCUT2D eigenvalue weighted by atomic mass is 19.4. The third-order valence-corrected chi connectivity index (χ3v) is 4.64. The van der Waals surface area contributed by atoms with Crippen LogP contribution in [0.15, 0.2) is 65.6 Å². The van der Waals surface area contributed by atoms with Gasteiger partial charge >= 0.3 is 12.8 Å². The number of hydrogen-bond acceptors (Lipinski definition) is 3. The third-order valence-electron chi connectivity index (χ3n) is 4.64. The van der Waals surface area contributed by atoms with Crippen molar-refractivity contribution in [3.63, 3.8) is 0 Å². The summed E-state index contributed by atoms with van der Waals surface area (Å²) in [6, 6.07) is 13.0. The van der Waals surface area contributed by atoms with Gasteiger partial charge < -0.3 is 14.3 Å². The highest BCUT2D eigenvalue weighted by Crippen LogP contribution is 2.34. The smallest absolute Gasteiger partial charge is 0.434 e. The molecule has 4 rings (SSSR count). The van der Waals surface area contributed by atoms with E-state index >= 15 is 0 Å². The van der Waals surface area contributed by atoms with E-state index < -0.39 is 18.6 Å². The Hall–Kier alpha value is -3.69. The van der Waals surface area contributed by atoms with Crippen LogP contribution in [0, 0.1) is 0 Å². The van der Waals surface area contributed by atoms with Crippen LogP contribution in [0.25, 0.3) is 22.2 Å². The van der Waals surface area contributed by atoms with Gasteiger partial charge in [-0.1, -0.05) is 24.3 Å². The number of para-hydroxylation sites is 1. The van der Waals surface area contributed by atoms with Crippen molar-refractivity contribution >= 4 is 11.0 Å². The lowest BCUT2D eigenvalue weighted by Crippen LogP contribution is -2.16. The zero-order valence-electron chi connectivity index (χ0n) is 15.7. The van der Waals surface area contributed by atoms with Crippen LogP contribution in [-0.2, 0) is 12.7 Å². The molecule has 0 spiro atoms. The first-order chi connectivity index (χ1) is 14.7. The molecule has 2 aromatic heterocycles. The fourth-order valence-electron chi connectivity index (χ4n) is 3.28. The SMILES string of the molecule is O=c1ccc(-c2ccc3nc(C(F)(F)F)n(Cc4ccccc4OC(F)F)c3c2)c[nH]1. The van der Waals surface area contributed by atoms with E-state index in [1.807, 2.05) is 0 Å². The van der Waals surface area contributed by atoms with Gasteiger partial charge in [0.1, 0.15) is 5.75 Å². The molecule has 0 atom stereocenters. The standard InChI is InChI=1S/C21H14F5N3O2/c22-20(23)31-17-4-2-1-3-14(17)11-29-16-9-12(13-6-8-18(30)27-10-13)5-7-15(16)28-19(29)21(24,25)26/h1-10,20H,11H2,(H,27,30). The van der Waals surface area contributed by atoms with Gasteiger partial charge in [-0.15, -0.1) is 0 Å². The minimum atomic E-state index is -4.77. The molecule has 0 saturated heterocycles. The van der Waals surface area contributed by atoms with Crippen LogP contribution in [-0.4, -0.2) is 21.1 Å². The number of benzene rings is 2. The second-order valence-electron chi connectivity index (χ2n) is 6.65. The molecule has 0 saturated carbocycles. The van der Waals surface area contributed by atoms with E-state index in [4.69, 9.17) is 0 Å². The fraction of sp³-hybridized carbons (Fsp3) is 0.143. The Morgan fingerprint density at radius 3 is 2.45 bits per heavy atom. The maximum absolute atomic E-state index is 13.7.